The molecule has 18 heavy (non-hydrogen) atoms. The molecular weight excluding hydrogens is 365 g/mol. The normalized spacial score (nSPS) is 23.1. The molecule has 2 nitrogen and oxygen atoms in total. The van der Waals surface area contributed by atoms with Crippen molar-refractivity contribution >= 4 is 37.8 Å². The van der Waals surface area contributed by atoms with Crippen molar-refractivity contribution < 1.29 is 9.18 Å². The van der Waals surface area contributed by atoms with Crippen molar-refractivity contribution in [1.29, 1.82) is 0 Å². The van der Waals surface area contributed by atoms with Gasteiger partial charge in [-0.15, -0.1) is 0 Å². The fourth-order valence-corrected chi connectivity index (χ4v) is 3.48. The van der Waals surface area contributed by atoms with Gasteiger partial charge in [0.05, 0.1) is 0 Å². The number of benzene rings is 1. The molecule has 1 aromatic carbocycles. The Morgan fingerprint density at radius 2 is 2.17 bits per heavy atom. The van der Waals surface area contributed by atoms with Crippen LogP contribution in [-0.4, -0.2) is 17.3 Å². The van der Waals surface area contributed by atoms with Gasteiger partial charge in [0.2, 0.25) is 0 Å². The van der Waals surface area contributed by atoms with Gasteiger partial charge in [-0.3, -0.25) is 4.79 Å². The van der Waals surface area contributed by atoms with Gasteiger partial charge in [0.1, 0.15) is 5.82 Å². The molecular formula is C13H14Br2FNO. The van der Waals surface area contributed by atoms with E-state index in [1.54, 1.807) is 6.07 Å². The summed E-state index contributed by atoms with van der Waals surface area (Å²) in [5.41, 5.74) is 0.357. The summed E-state index contributed by atoms with van der Waals surface area (Å²) >= 11 is 6.76. The molecule has 0 saturated heterocycles. The summed E-state index contributed by atoms with van der Waals surface area (Å²) in [6.45, 7) is 0.662. The largest absolute Gasteiger partial charge is 0.352 e. The maximum atomic E-state index is 13.2. The van der Waals surface area contributed by atoms with Gasteiger partial charge >= 0.3 is 0 Å². The molecule has 1 amide bonds. The van der Waals surface area contributed by atoms with Gasteiger partial charge in [0.15, 0.2) is 0 Å². The molecule has 1 N–H and O–H groups in total. The van der Waals surface area contributed by atoms with E-state index in [4.69, 9.17) is 0 Å². The highest BCUT2D eigenvalue weighted by molar-refractivity contribution is 9.10. The van der Waals surface area contributed by atoms with E-state index in [0.29, 0.717) is 27.3 Å². The van der Waals surface area contributed by atoms with E-state index in [2.05, 4.69) is 37.2 Å². The molecule has 2 atom stereocenters. The summed E-state index contributed by atoms with van der Waals surface area (Å²) in [4.78, 5) is 12.4. The first-order chi connectivity index (χ1) is 8.54. The number of alkyl halides is 1. The number of amides is 1. The Morgan fingerprint density at radius 1 is 1.39 bits per heavy atom. The van der Waals surface area contributed by atoms with E-state index < -0.39 is 5.82 Å². The molecule has 0 heterocycles. The van der Waals surface area contributed by atoms with Gasteiger partial charge in [-0.2, -0.15) is 0 Å². The Morgan fingerprint density at radius 3 is 2.78 bits per heavy atom. The highest BCUT2D eigenvalue weighted by Gasteiger charge is 2.22. The van der Waals surface area contributed by atoms with E-state index in [0.717, 1.165) is 19.3 Å². The number of hydrogen-bond acceptors (Lipinski definition) is 1. The van der Waals surface area contributed by atoms with Crippen molar-refractivity contribution in [1.82, 2.24) is 5.32 Å². The lowest BCUT2D eigenvalue weighted by atomic mass is 10.1. The predicted molar refractivity (Wildman–Crippen MR) is 76.5 cm³/mol. The van der Waals surface area contributed by atoms with Crippen molar-refractivity contribution in [2.24, 2.45) is 5.92 Å². The number of rotatable bonds is 3. The van der Waals surface area contributed by atoms with Gasteiger partial charge in [0, 0.05) is 21.4 Å². The number of halogens is 3. The summed E-state index contributed by atoms with van der Waals surface area (Å²) in [5, 5.41) is 2.87. The Bertz CT molecular complexity index is 432. The van der Waals surface area contributed by atoms with E-state index in [1.807, 2.05) is 0 Å². The number of hydrogen-bond donors (Lipinski definition) is 1. The van der Waals surface area contributed by atoms with Gasteiger partial charge < -0.3 is 5.32 Å². The molecule has 1 saturated carbocycles. The Hall–Kier alpha value is -0.420. The third-order valence-corrected chi connectivity index (χ3v) is 4.44. The lowest BCUT2D eigenvalue weighted by Crippen LogP contribution is -2.28. The van der Waals surface area contributed by atoms with Gasteiger partial charge in [-0.1, -0.05) is 31.9 Å². The molecule has 1 aliphatic rings. The highest BCUT2D eigenvalue weighted by Crippen LogP contribution is 2.30. The topological polar surface area (TPSA) is 29.1 Å². The smallest absolute Gasteiger partial charge is 0.251 e. The first-order valence-corrected chi connectivity index (χ1v) is 7.64. The Labute approximate surface area is 123 Å². The summed E-state index contributed by atoms with van der Waals surface area (Å²) in [6, 6.07) is 4.21. The van der Waals surface area contributed by atoms with Crippen molar-refractivity contribution in [2.75, 3.05) is 6.54 Å². The van der Waals surface area contributed by atoms with Crippen LogP contribution in [0.1, 0.15) is 29.6 Å². The number of nitrogens with one attached hydrogen (secondary N) is 1. The average Bonchev–Trinajstić information content (AvgIpc) is 2.70. The monoisotopic (exact) mass is 377 g/mol. The minimum absolute atomic E-state index is 0.215. The third kappa shape index (κ3) is 3.79. The van der Waals surface area contributed by atoms with Crippen LogP contribution in [-0.2, 0) is 0 Å². The molecule has 0 bridgehead atoms. The van der Waals surface area contributed by atoms with Crippen molar-refractivity contribution in [3.05, 3.63) is 34.1 Å². The first kappa shape index (κ1) is 14.0. The molecule has 98 valence electrons. The first-order valence-electron chi connectivity index (χ1n) is 5.93. The van der Waals surface area contributed by atoms with Crippen LogP contribution in [0, 0.1) is 11.7 Å². The highest BCUT2D eigenvalue weighted by atomic mass is 79.9. The summed E-state index contributed by atoms with van der Waals surface area (Å²) < 4.78 is 13.7. The Balaban J connectivity index is 1.91. The second-order valence-electron chi connectivity index (χ2n) is 4.64. The molecule has 1 aliphatic carbocycles. The lowest BCUT2D eigenvalue weighted by molar-refractivity contribution is 0.0947. The second kappa shape index (κ2) is 6.15. The SMILES string of the molecule is O=C(NCC1CCC(Br)C1)c1cc(F)cc(Br)c1. The number of carbonyl (C=O) groups excluding carboxylic acids is 1. The van der Waals surface area contributed by atoms with Crippen LogP contribution in [0.15, 0.2) is 22.7 Å². The zero-order chi connectivity index (χ0) is 13.1. The third-order valence-electron chi connectivity index (χ3n) is 3.15. The van der Waals surface area contributed by atoms with Crippen molar-refractivity contribution in [3.63, 3.8) is 0 Å². The van der Waals surface area contributed by atoms with Gasteiger partial charge in [-0.05, 0) is 43.4 Å². The van der Waals surface area contributed by atoms with Crippen molar-refractivity contribution in [3.8, 4) is 0 Å². The van der Waals surface area contributed by atoms with Gasteiger partial charge in [-0.25, -0.2) is 4.39 Å². The standard InChI is InChI=1S/C13H14Br2FNO/c14-10-2-1-8(3-10)7-17-13(18)9-4-11(15)6-12(16)5-9/h4-6,8,10H,1-3,7H2,(H,17,18). The molecule has 2 unspecified atom stereocenters. The molecule has 0 aliphatic heterocycles. The van der Waals surface area contributed by atoms with Crippen molar-refractivity contribution in [2.45, 2.75) is 24.1 Å². The van der Waals surface area contributed by atoms with E-state index in [1.165, 1.54) is 12.1 Å². The fourth-order valence-electron chi connectivity index (χ4n) is 2.22. The van der Waals surface area contributed by atoms with Crippen LogP contribution in [0.2, 0.25) is 0 Å². The molecule has 1 aromatic rings. The van der Waals surface area contributed by atoms with Crippen LogP contribution in [0.4, 0.5) is 4.39 Å². The summed E-state index contributed by atoms with van der Waals surface area (Å²) in [6.07, 6.45) is 3.38. The minimum atomic E-state index is -0.407. The minimum Gasteiger partial charge on any atom is -0.352 e. The zero-order valence-corrected chi connectivity index (χ0v) is 12.9. The van der Waals surface area contributed by atoms with Crippen LogP contribution < -0.4 is 5.32 Å². The summed E-state index contributed by atoms with van der Waals surface area (Å²) in [5.74, 6) is -0.0977. The van der Waals surface area contributed by atoms with Gasteiger partial charge in [0.25, 0.3) is 5.91 Å². The molecule has 2 rings (SSSR count). The maximum absolute atomic E-state index is 13.2. The summed E-state index contributed by atoms with van der Waals surface area (Å²) in [7, 11) is 0. The predicted octanol–water partition coefficient (Wildman–Crippen LogP) is 3.88. The van der Waals surface area contributed by atoms with Crippen LogP contribution in [0.5, 0.6) is 0 Å². The fraction of sp³-hybridized carbons (Fsp3) is 0.462. The van der Waals surface area contributed by atoms with E-state index in [9.17, 15) is 9.18 Å². The second-order valence-corrected chi connectivity index (χ2v) is 6.86. The van der Waals surface area contributed by atoms with Crippen LogP contribution in [0.3, 0.4) is 0 Å². The molecule has 1 fully saturated rings. The van der Waals surface area contributed by atoms with Crippen LogP contribution >= 0.6 is 31.9 Å². The molecule has 0 radical (unpaired) electrons. The molecule has 0 aromatic heterocycles. The zero-order valence-electron chi connectivity index (χ0n) is 9.76. The van der Waals surface area contributed by atoms with E-state index in [-0.39, 0.29) is 5.91 Å². The maximum Gasteiger partial charge on any atom is 0.251 e. The van der Waals surface area contributed by atoms with E-state index >= 15 is 0 Å². The molecule has 5 heteroatoms. The lowest BCUT2D eigenvalue weighted by Gasteiger charge is -2.11. The molecule has 0 spiro atoms. The quantitative estimate of drug-likeness (QED) is 0.794. The van der Waals surface area contributed by atoms with Crippen LogP contribution in [0.25, 0.3) is 0 Å². The average molecular weight is 379 g/mol. The number of carbonyl (C=O) groups is 1. The Kier molecular flexibility index (Phi) is 4.78.